The molecule has 2 aliphatic rings. The predicted octanol–water partition coefficient (Wildman–Crippen LogP) is 27.6. The zero-order valence-corrected chi connectivity index (χ0v) is 80.4. The van der Waals surface area contributed by atoms with Crippen molar-refractivity contribution in [1.82, 2.24) is 15.1 Å². The first kappa shape index (κ1) is 109. The molecule has 16 heteroatoms. The molecule has 1 saturated carbocycles. The van der Waals surface area contributed by atoms with Gasteiger partial charge in [0, 0.05) is 50.2 Å². The molecule has 120 heavy (non-hydrogen) atoms. The zero-order chi connectivity index (χ0) is 91.5. The Morgan fingerprint density at radius 2 is 0.758 bits per heavy atom. The number of likely N-dealkylation sites (N-methyl/N-ethyl adjacent to an activating group) is 1. The third kappa shape index (κ3) is 60.6. The normalized spacial score (nSPS) is 13.3. The summed E-state index contributed by atoms with van der Waals surface area (Å²) >= 11 is 0. The SMILES string of the molecule is CC(C)(C)C(=O)NC1CCCCC1.CC(C)(C)Oc1ccc(F)cc1.CC(C)(C)Oc1cccc(F)c1.CC(C)(C)Oc1ccccc1.CC(C)(C)Oc1ccccc1F.CN1CCN(CC(C)(C)C)CC1.COc1ccc(OC(C)C)cc1.Cc1ccc(OC(C)(C)C)cc1.Cc1cccc(OC(C)(C)C)c1.Cc1ccccc1OC(C)(C)C. The number of benzene rings is 8. The van der Waals surface area contributed by atoms with Gasteiger partial charge in [-0.3, -0.25) is 4.79 Å². The minimum absolute atomic E-state index is 0.0959. The summed E-state index contributed by atoms with van der Waals surface area (Å²) in [4.78, 5) is 16.6. The Morgan fingerprint density at radius 1 is 0.383 bits per heavy atom. The fourth-order valence-corrected chi connectivity index (χ4v) is 10.7. The molecule has 1 N–H and O–H groups in total. The van der Waals surface area contributed by atoms with E-state index in [2.05, 4.69) is 130 Å². The second kappa shape index (κ2) is 52.5. The largest absolute Gasteiger partial charge is 0.497 e. The van der Waals surface area contributed by atoms with Gasteiger partial charge in [-0.05, 0) is 332 Å². The monoisotopic (exact) mass is 1670 g/mol. The smallest absolute Gasteiger partial charge is 0.225 e. The Labute approximate surface area is 726 Å². The highest BCUT2D eigenvalue weighted by Gasteiger charge is 2.26. The number of hydrogen-bond acceptors (Lipinski definition) is 12. The third-order valence-corrected chi connectivity index (χ3v) is 15.6. The van der Waals surface area contributed by atoms with Crippen LogP contribution in [-0.4, -0.2) is 114 Å². The van der Waals surface area contributed by atoms with Crippen molar-refractivity contribution >= 4 is 5.91 Å². The van der Waals surface area contributed by atoms with Crippen molar-refractivity contribution in [3.63, 3.8) is 0 Å². The van der Waals surface area contributed by atoms with Crippen LogP contribution in [0.4, 0.5) is 13.2 Å². The Hall–Kier alpha value is -8.86. The molecule has 13 nitrogen and oxygen atoms in total. The van der Waals surface area contributed by atoms with Crippen LogP contribution in [0.3, 0.4) is 0 Å². The van der Waals surface area contributed by atoms with Crippen LogP contribution < -0.4 is 47.9 Å². The molecule has 1 heterocycles. The molecule has 1 aliphatic carbocycles. The highest BCUT2D eigenvalue weighted by Crippen LogP contribution is 2.28. The fraction of sp³-hybridized carbons (Fsp3) is 0.529. The topological polar surface area (TPSA) is 119 Å². The van der Waals surface area contributed by atoms with E-state index >= 15 is 0 Å². The molecule has 0 bridgehead atoms. The highest BCUT2D eigenvalue weighted by atomic mass is 19.1. The lowest BCUT2D eigenvalue weighted by Gasteiger charge is -2.36. The van der Waals surface area contributed by atoms with Gasteiger partial charge < -0.3 is 57.7 Å². The molecule has 8 aromatic rings. The van der Waals surface area contributed by atoms with E-state index in [-0.39, 0.29) is 74.1 Å². The molecule has 0 atom stereocenters. The minimum Gasteiger partial charge on any atom is -0.497 e. The lowest BCUT2D eigenvalue weighted by molar-refractivity contribution is -0.129. The average molecular weight is 1670 g/mol. The van der Waals surface area contributed by atoms with Gasteiger partial charge >= 0.3 is 0 Å². The summed E-state index contributed by atoms with van der Waals surface area (Å²) < 4.78 is 87.6. The van der Waals surface area contributed by atoms with Gasteiger partial charge in [0.15, 0.2) is 11.6 Å². The van der Waals surface area contributed by atoms with Gasteiger partial charge in [0.25, 0.3) is 0 Å². The van der Waals surface area contributed by atoms with Crippen LogP contribution in [0.2, 0.25) is 0 Å². The number of rotatable bonds is 12. The van der Waals surface area contributed by atoms with Gasteiger partial charge in [-0.25, -0.2) is 13.2 Å². The Morgan fingerprint density at radius 3 is 1.17 bits per heavy atom. The number of piperazine rings is 1. The number of amides is 1. The Bertz CT molecular complexity index is 3850. The van der Waals surface area contributed by atoms with Crippen molar-refractivity contribution in [2.24, 2.45) is 10.8 Å². The van der Waals surface area contributed by atoms with E-state index in [1.54, 1.807) is 49.6 Å². The quantitative estimate of drug-likeness (QED) is 0.125. The first-order chi connectivity index (χ1) is 55.1. The number of aryl methyl sites for hydroxylation is 3. The summed E-state index contributed by atoms with van der Waals surface area (Å²) in [5, 5.41) is 3.12. The van der Waals surface area contributed by atoms with Crippen LogP contribution in [0.1, 0.15) is 250 Å². The number of carbonyl (C=O) groups excluding carboxylic acids is 1. The van der Waals surface area contributed by atoms with Crippen molar-refractivity contribution in [2.75, 3.05) is 46.9 Å². The minimum atomic E-state index is -0.345. The second-order valence-electron chi connectivity index (χ2n) is 39.6. The van der Waals surface area contributed by atoms with E-state index in [0.717, 1.165) is 34.5 Å². The van der Waals surface area contributed by atoms with Crippen LogP contribution >= 0.6 is 0 Å². The molecule has 8 aromatic carbocycles. The number of para-hydroxylation sites is 3. The molecule has 0 spiro atoms. The first-order valence-electron chi connectivity index (χ1n) is 42.5. The Kier molecular flexibility index (Phi) is 47.7. The maximum atomic E-state index is 13.0. The highest BCUT2D eigenvalue weighted by molar-refractivity contribution is 5.81. The first-order valence-corrected chi connectivity index (χ1v) is 42.5. The molecule has 1 saturated heterocycles. The maximum Gasteiger partial charge on any atom is 0.225 e. The van der Waals surface area contributed by atoms with Gasteiger partial charge in [-0.1, -0.05) is 145 Å². The summed E-state index contributed by atoms with van der Waals surface area (Å²) in [7, 11) is 3.85. The van der Waals surface area contributed by atoms with E-state index in [0.29, 0.717) is 28.7 Å². The molecule has 0 aromatic heterocycles. The number of ether oxygens (including phenoxy) is 9. The van der Waals surface area contributed by atoms with E-state index < -0.39 is 0 Å². The number of halogens is 3. The summed E-state index contributed by atoms with van der Waals surface area (Å²) in [6, 6.07) is 60.8. The molecule has 1 amide bonds. The van der Waals surface area contributed by atoms with Crippen LogP contribution in [0.25, 0.3) is 0 Å². The maximum absolute atomic E-state index is 13.0. The summed E-state index contributed by atoms with van der Waals surface area (Å²) in [5.41, 5.74) is 2.65. The van der Waals surface area contributed by atoms with Crippen LogP contribution in [0.5, 0.6) is 51.7 Å². The van der Waals surface area contributed by atoms with Crippen LogP contribution in [0.15, 0.2) is 200 Å². The van der Waals surface area contributed by atoms with Crippen molar-refractivity contribution in [1.29, 1.82) is 0 Å². The van der Waals surface area contributed by atoms with Crippen molar-refractivity contribution < 1.29 is 60.6 Å². The van der Waals surface area contributed by atoms with Crippen LogP contribution in [0, 0.1) is 49.1 Å². The van der Waals surface area contributed by atoms with Gasteiger partial charge in [0.05, 0.1) is 13.2 Å². The molecule has 10 rings (SSSR count). The van der Waals surface area contributed by atoms with Gasteiger partial charge in [-0.15, -0.1) is 0 Å². The van der Waals surface area contributed by atoms with Gasteiger partial charge in [-0.2, -0.15) is 0 Å². The molecular formula is C104H158F3N3O10. The van der Waals surface area contributed by atoms with Crippen molar-refractivity contribution in [3.05, 3.63) is 234 Å². The second-order valence-corrected chi connectivity index (χ2v) is 39.6. The molecule has 670 valence electrons. The number of carbonyl (C=O) groups is 1. The summed E-state index contributed by atoms with van der Waals surface area (Å²) in [6.45, 7) is 71.1. The van der Waals surface area contributed by atoms with Crippen LogP contribution in [-0.2, 0) is 4.79 Å². The molecule has 2 fully saturated rings. The van der Waals surface area contributed by atoms with E-state index in [9.17, 15) is 18.0 Å². The molecule has 0 radical (unpaired) electrons. The molecule has 0 unspecified atom stereocenters. The van der Waals surface area contributed by atoms with Gasteiger partial charge in [0.1, 0.15) is 96.8 Å². The lowest BCUT2D eigenvalue weighted by atomic mass is 9.91. The van der Waals surface area contributed by atoms with E-state index in [4.69, 9.17) is 42.6 Å². The Balaban J connectivity index is 0.000000667. The number of nitrogens with zero attached hydrogens (tertiary/aromatic N) is 2. The predicted molar refractivity (Wildman–Crippen MR) is 498 cm³/mol. The van der Waals surface area contributed by atoms with E-state index in [1.807, 2.05) is 242 Å². The number of methoxy groups -OCH3 is 1. The molecule has 1 aliphatic heterocycles. The zero-order valence-electron chi connectivity index (χ0n) is 80.4. The van der Waals surface area contributed by atoms with Crippen molar-refractivity contribution in [2.45, 2.75) is 305 Å². The van der Waals surface area contributed by atoms with Crippen molar-refractivity contribution in [3.8, 4) is 51.7 Å². The summed E-state index contributed by atoms with van der Waals surface area (Å²) in [6.07, 6.45) is 6.44. The van der Waals surface area contributed by atoms with E-state index in [1.165, 1.54) is 112 Å². The summed E-state index contributed by atoms with van der Waals surface area (Å²) in [5.74, 6) is 6.48. The van der Waals surface area contributed by atoms with Gasteiger partial charge in [0.2, 0.25) is 5.91 Å². The average Bonchev–Trinajstić information content (AvgIpc) is 0.884. The third-order valence-electron chi connectivity index (χ3n) is 15.6. The fourth-order valence-electron chi connectivity index (χ4n) is 10.7. The molecular weight excluding hydrogens is 1510 g/mol. The number of hydrogen-bond donors (Lipinski definition) is 1. The lowest BCUT2D eigenvalue weighted by Crippen LogP contribution is -2.47. The number of nitrogens with one attached hydrogen (secondary N) is 1. The standard InChI is InChI=1S/C11H21NO.3C11H16O.3C10H13FO.C10H22N2.C10H14O2.C10H14O/c1-11(2,3)10(13)12-9-7-5-4-6-8-9;1-9-5-7-10(8-6-9)12-11(2,3)4;1-9-6-5-7-10(8-9)12-11(2,3)4;1-9-7-5-6-8-10(9)12-11(2,3)4;1-10(2,3)12-9-6-4-8(11)5-7-9;1-10(2,3)12-9-6-4-5-8(11)7-9;1-10(2,3)12-9-7-5-4-6-8(9)11;1-10(2,3)9-12-7-5-11(4)6-8-12;1-8(2)12-10-6-4-9(11-3)5-7-10;1-10(2,3)11-9-7-5-4-6-8-9/h9H,4-8H2,1-3H3,(H,12,13);3*5-8H,1-4H3;3*4-7H,1-3H3;5-9H2,1-4H3;4-8H,1-3H3;4-8H,1-3H3.